The summed E-state index contributed by atoms with van der Waals surface area (Å²) in [5.74, 6) is 0. The molecule has 0 aliphatic carbocycles. The minimum Gasteiger partial charge on any atom is -0.262 e. The normalized spacial score (nSPS) is 12.8. The summed E-state index contributed by atoms with van der Waals surface area (Å²) in [6.45, 7) is 0. The van der Waals surface area contributed by atoms with Crippen molar-refractivity contribution in [1.29, 1.82) is 0 Å². The first kappa shape index (κ1) is 8.68. The highest BCUT2D eigenvalue weighted by atomic mass is 32.2. The van der Waals surface area contributed by atoms with Crippen LogP contribution in [0.5, 0.6) is 0 Å². The summed E-state index contributed by atoms with van der Waals surface area (Å²) in [6.07, 6.45) is 5.50. The van der Waals surface area contributed by atoms with Crippen LogP contribution in [-0.4, -0.2) is 11.2 Å². The van der Waals surface area contributed by atoms with E-state index in [0.717, 1.165) is 10.6 Å². The minimum atomic E-state index is 0.943. The quantitative estimate of drug-likeness (QED) is 0.571. The molecule has 3 heteroatoms. The minimum absolute atomic E-state index is 0.943. The fourth-order valence-electron chi connectivity index (χ4n) is 1.49. The van der Waals surface area contributed by atoms with Gasteiger partial charge in [-0.05, 0) is 12.1 Å². The predicted octanol–water partition coefficient (Wildman–Crippen LogP) is 3.30. The van der Waals surface area contributed by atoms with Crippen molar-refractivity contribution >= 4 is 23.7 Å². The third-order valence-corrected chi connectivity index (χ3v) is 3.40. The summed E-state index contributed by atoms with van der Waals surface area (Å²) in [7, 11) is 0. The summed E-state index contributed by atoms with van der Waals surface area (Å²) in [4.78, 5) is 10.9. The number of nitrogens with zero attached hydrogens (tertiary/aromatic N) is 2. The van der Waals surface area contributed by atoms with Gasteiger partial charge in [-0.2, -0.15) is 0 Å². The van der Waals surface area contributed by atoms with Crippen LogP contribution >= 0.6 is 11.8 Å². The largest absolute Gasteiger partial charge is 0.262 e. The summed E-state index contributed by atoms with van der Waals surface area (Å²) in [5.41, 5.74) is 2.11. The van der Waals surface area contributed by atoms with E-state index in [9.17, 15) is 0 Å². The molecule has 0 N–H and O–H groups in total. The van der Waals surface area contributed by atoms with Crippen LogP contribution in [0.3, 0.4) is 0 Å². The lowest BCUT2D eigenvalue weighted by atomic mass is 10.2. The Balaban J connectivity index is 2.19. The number of rotatable bonds is 0. The highest BCUT2D eigenvalue weighted by Crippen LogP contribution is 2.37. The van der Waals surface area contributed by atoms with Gasteiger partial charge in [-0.25, -0.2) is 0 Å². The summed E-state index contributed by atoms with van der Waals surface area (Å²) in [5, 5.41) is 0. The Kier molecular flexibility index (Phi) is 2.03. The van der Waals surface area contributed by atoms with Crippen molar-refractivity contribution in [3.05, 3.63) is 48.3 Å². The molecule has 0 bridgehead atoms. The third kappa shape index (κ3) is 1.55. The second-order valence-corrected chi connectivity index (χ2v) is 4.33. The van der Waals surface area contributed by atoms with Gasteiger partial charge in [0.25, 0.3) is 0 Å². The van der Waals surface area contributed by atoms with Crippen LogP contribution in [0.4, 0.5) is 5.69 Å². The topological polar surface area (TPSA) is 25.2 Å². The lowest BCUT2D eigenvalue weighted by molar-refractivity contribution is 1.24. The maximum atomic E-state index is 4.42. The fraction of sp³-hybridized carbons (Fsp3) is 0. The number of hydrogen-bond donors (Lipinski definition) is 0. The van der Waals surface area contributed by atoms with Crippen molar-refractivity contribution in [2.75, 3.05) is 0 Å². The van der Waals surface area contributed by atoms with Crippen molar-refractivity contribution in [2.24, 2.45) is 4.99 Å². The van der Waals surface area contributed by atoms with Crippen LogP contribution in [0.1, 0.15) is 5.56 Å². The van der Waals surface area contributed by atoms with Gasteiger partial charge in [0.2, 0.25) is 0 Å². The highest BCUT2D eigenvalue weighted by molar-refractivity contribution is 7.99. The van der Waals surface area contributed by atoms with E-state index in [-0.39, 0.29) is 0 Å². The molecule has 0 atom stereocenters. The number of fused-ring (bicyclic) bond motifs is 2. The Bertz CT molecular complexity index is 487. The van der Waals surface area contributed by atoms with E-state index in [0.29, 0.717) is 0 Å². The molecule has 0 saturated carbocycles. The highest BCUT2D eigenvalue weighted by Gasteiger charge is 2.09. The second-order valence-electron chi connectivity index (χ2n) is 3.24. The van der Waals surface area contributed by atoms with E-state index in [1.165, 1.54) is 10.5 Å². The smallest absolute Gasteiger partial charge is 0.0952 e. The maximum absolute atomic E-state index is 4.42. The number of pyridine rings is 1. The zero-order chi connectivity index (χ0) is 10.1. The Morgan fingerprint density at radius 3 is 2.93 bits per heavy atom. The molecule has 1 aliphatic heterocycles. The number of aromatic nitrogens is 1. The van der Waals surface area contributed by atoms with E-state index in [1.54, 1.807) is 24.2 Å². The van der Waals surface area contributed by atoms with Gasteiger partial charge in [0.15, 0.2) is 0 Å². The fourth-order valence-corrected chi connectivity index (χ4v) is 2.46. The van der Waals surface area contributed by atoms with Crippen LogP contribution in [-0.2, 0) is 0 Å². The van der Waals surface area contributed by atoms with Crippen LogP contribution < -0.4 is 0 Å². The van der Waals surface area contributed by atoms with Gasteiger partial charge < -0.3 is 0 Å². The number of benzene rings is 1. The molecule has 0 spiro atoms. The lowest BCUT2D eigenvalue weighted by Gasteiger charge is -2.02. The Hall–Kier alpha value is -1.61. The number of hydrogen-bond acceptors (Lipinski definition) is 3. The first-order valence-electron chi connectivity index (χ1n) is 4.68. The molecule has 15 heavy (non-hydrogen) atoms. The SMILES string of the molecule is C1=Nc2cnccc2Sc2ccccc21. The molecule has 1 aromatic carbocycles. The summed E-state index contributed by atoms with van der Waals surface area (Å²) < 4.78 is 0. The molecule has 3 rings (SSSR count). The monoisotopic (exact) mass is 212 g/mol. The zero-order valence-electron chi connectivity index (χ0n) is 7.92. The molecule has 1 aliphatic rings. The number of aliphatic imine (C=N–C) groups is 1. The maximum Gasteiger partial charge on any atom is 0.0952 e. The predicted molar refractivity (Wildman–Crippen MR) is 62.1 cm³/mol. The van der Waals surface area contributed by atoms with E-state index >= 15 is 0 Å². The molecule has 0 amide bonds. The van der Waals surface area contributed by atoms with Crippen LogP contribution in [0.15, 0.2) is 57.5 Å². The average molecular weight is 212 g/mol. The summed E-state index contributed by atoms with van der Waals surface area (Å²) in [6, 6.07) is 10.3. The van der Waals surface area contributed by atoms with Gasteiger partial charge in [0, 0.05) is 27.8 Å². The molecule has 0 saturated heterocycles. The molecule has 2 heterocycles. The van der Waals surface area contributed by atoms with Gasteiger partial charge in [-0.15, -0.1) is 0 Å². The van der Waals surface area contributed by atoms with Crippen LogP contribution in [0, 0.1) is 0 Å². The molecule has 0 unspecified atom stereocenters. The molecule has 1 aromatic heterocycles. The van der Waals surface area contributed by atoms with E-state index < -0.39 is 0 Å². The van der Waals surface area contributed by atoms with Crippen LogP contribution in [0.2, 0.25) is 0 Å². The lowest BCUT2D eigenvalue weighted by Crippen LogP contribution is -1.81. The molecule has 0 radical (unpaired) electrons. The van der Waals surface area contributed by atoms with Crippen molar-refractivity contribution in [1.82, 2.24) is 4.98 Å². The van der Waals surface area contributed by atoms with Gasteiger partial charge in [-0.1, -0.05) is 30.0 Å². The van der Waals surface area contributed by atoms with Crippen molar-refractivity contribution in [3.8, 4) is 0 Å². The molecule has 2 aromatic rings. The van der Waals surface area contributed by atoms with E-state index in [1.807, 2.05) is 24.4 Å². The first-order chi connectivity index (χ1) is 7.43. The standard InChI is InChI=1S/C12H8N2S/c1-2-4-11-9(3-1)7-14-10-8-13-6-5-12(10)15-11/h1-8H. The van der Waals surface area contributed by atoms with Crippen molar-refractivity contribution in [3.63, 3.8) is 0 Å². The third-order valence-electron chi connectivity index (χ3n) is 2.24. The van der Waals surface area contributed by atoms with Crippen LogP contribution in [0.25, 0.3) is 0 Å². The Labute approximate surface area is 92.1 Å². The summed E-state index contributed by atoms with van der Waals surface area (Å²) >= 11 is 1.74. The van der Waals surface area contributed by atoms with Gasteiger partial charge in [-0.3, -0.25) is 9.98 Å². The molecular formula is C12H8N2S. The van der Waals surface area contributed by atoms with Gasteiger partial charge >= 0.3 is 0 Å². The van der Waals surface area contributed by atoms with E-state index in [4.69, 9.17) is 0 Å². The molecule has 72 valence electrons. The first-order valence-corrected chi connectivity index (χ1v) is 5.50. The molecule has 2 nitrogen and oxygen atoms in total. The Morgan fingerprint density at radius 2 is 1.93 bits per heavy atom. The second kappa shape index (κ2) is 3.51. The molecular weight excluding hydrogens is 204 g/mol. The van der Waals surface area contributed by atoms with Gasteiger partial charge in [0.05, 0.1) is 11.9 Å². The van der Waals surface area contributed by atoms with Crippen molar-refractivity contribution < 1.29 is 0 Å². The Morgan fingerprint density at radius 1 is 1.00 bits per heavy atom. The molecule has 0 fully saturated rings. The van der Waals surface area contributed by atoms with E-state index in [2.05, 4.69) is 22.1 Å². The average Bonchev–Trinajstić information content (AvgIpc) is 2.48. The zero-order valence-corrected chi connectivity index (χ0v) is 8.74. The van der Waals surface area contributed by atoms with Crippen molar-refractivity contribution in [2.45, 2.75) is 9.79 Å². The van der Waals surface area contributed by atoms with Gasteiger partial charge in [0.1, 0.15) is 0 Å².